The van der Waals surface area contributed by atoms with Gasteiger partial charge < -0.3 is 10.1 Å². The largest absolute Gasteiger partial charge is 0.478 e. The molecule has 0 saturated carbocycles. The number of nitrogens with one attached hydrogen (secondary N) is 1. The minimum Gasteiger partial charge on any atom is -0.478 e. The summed E-state index contributed by atoms with van der Waals surface area (Å²) in [4.78, 5) is 18.6. The van der Waals surface area contributed by atoms with Gasteiger partial charge in [0.25, 0.3) is 0 Å². The van der Waals surface area contributed by atoms with Crippen LogP contribution in [0.1, 0.15) is 10.4 Å². The number of aromatic carboxylic acids is 1. The summed E-state index contributed by atoms with van der Waals surface area (Å²) in [6.45, 7) is 0. The fraction of sp³-hybridized carbons (Fsp3) is 0. The van der Waals surface area contributed by atoms with Gasteiger partial charge in [0.2, 0.25) is 0 Å². The van der Waals surface area contributed by atoms with E-state index in [4.69, 9.17) is 16.7 Å². The summed E-state index contributed by atoms with van der Waals surface area (Å²) in [7, 11) is 0. The molecule has 1 aromatic heterocycles. The van der Waals surface area contributed by atoms with Crippen molar-refractivity contribution in [1.82, 2.24) is 9.97 Å². The lowest BCUT2D eigenvalue weighted by molar-refractivity contribution is 0.0699. The Balaban J connectivity index is 2.26. The monoisotopic (exact) mass is 272 g/mol. The van der Waals surface area contributed by atoms with Gasteiger partial charge in [-0.1, -0.05) is 29.8 Å². The molecule has 0 fully saturated rings. The van der Waals surface area contributed by atoms with Crippen molar-refractivity contribution in [1.29, 1.82) is 0 Å². The van der Waals surface area contributed by atoms with Gasteiger partial charge in [-0.2, -0.15) is 0 Å². The number of aromatic amines is 1. The first-order valence-corrected chi connectivity index (χ1v) is 6.01. The molecule has 0 atom stereocenters. The van der Waals surface area contributed by atoms with Crippen molar-refractivity contribution in [2.75, 3.05) is 0 Å². The summed E-state index contributed by atoms with van der Waals surface area (Å²) in [6, 6.07) is 12.3. The topological polar surface area (TPSA) is 66.0 Å². The third-order valence-corrected chi connectivity index (χ3v) is 3.21. The maximum absolute atomic E-state index is 11.2. The van der Waals surface area contributed by atoms with E-state index in [9.17, 15) is 4.79 Å². The Bertz CT molecular complexity index is 780. The standard InChI is InChI=1S/C14H9ClN2O2/c15-10-6-2-1-4-8(10)13-16-11-7-3-5-9(14(18)19)12(11)17-13/h1-7H,(H,16,17)(H,18,19). The Morgan fingerprint density at radius 1 is 1.16 bits per heavy atom. The summed E-state index contributed by atoms with van der Waals surface area (Å²) in [5, 5.41) is 9.71. The van der Waals surface area contributed by atoms with Crippen molar-refractivity contribution in [3.05, 3.63) is 53.1 Å². The minimum absolute atomic E-state index is 0.198. The molecule has 94 valence electrons. The number of nitrogens with zero attached hydrogens (tertiary/aromatic N) is 1. The fourth-order valence-electron chi connectivity index (χ4n) is 1.99. The normalized spacial score (nSPS) is 10.8. The summed E-state index contributed by atoms with van der Waals surface area (Å²) < 4.78 is 0. The SMILES string of the molecule is O=C(O)c1cccc2nc(-c3ccccc3Cl)[nH]c12. The Hall–Kier alpha value is -2.33. The van der Waals surface area contributed by atoms with E-state index in [1.54, 1.807) is 24.3 Å². The Morgan fingerprint density at radius 2 is 1.95 bits per heavy atom. The van der Waals surface area contributed by atoms with Gasteiger partial charge in [-0.3, -0.25) is 0 Å². The van der Waals surface area contributed by atoms with Gasteiger partial charge in [-0.05, 0) is 24.3 Å². The Morgan fingerprint density at radius 3 is 2.68 bits per heavy atom. The van der Waals surface area contributed by atoms with E-state index >= 15 is 0 Å². The van der Waals surface area contributed by atoms with Crippen LogP contribution in [0.4, 0.5) is 0 Å². The number of rotatable bonds is 2. The van der Waals surface area contributed by atoms with E-state index in [0.29, 0.717) is 21.9 Å². The maximum Gasteiger partial charge on any atom is 0.337 e. The van der Waals surface area contributed by atoms with Crippen molar-refractivity contribution in [3.63, 3.8) is 0 Å². The molecule has 3 aromatic rings. The van der Waals surface area contributed by atoms with Crippen LogP contribution in [-0.2, 0) is 0 Å². The number of para-hydroxylation sites is 1. The van der Waals surface area contributed by atoms with E-state index in [1.165, 1.54) is 0 Å². The highest BCUT2D eigenvalue weighted by atomic mass is 35.5. The molecule has 0 aliphatic rings. The van der Waals surface area contributed by atoms with Gasteiger partial charge in [0, 0.05) is 5.56 Å². The van der Waals surface area contributed by atoms with Gasteiger partial charge in [-0.25, -0.2) is 9.78 Å². The van der Waals surface area contributed by atoms with Crippen molar-refractivity contribution in [3.8, 4) is 11.4 Å². The van der Waals surface area contributed by atoms with Crippen LogP contribution in [-0.4, -0.2) is 21.0 Å². The summed E-state index contributed by atoms with van der Waals surface area (Å²) in [6.07, 6.45) is 0. The van der Waals surface area contributed by atoms with E-state index in [2.05, 4.69) is 9.97 Å². The van der Waals surface area contributed by atoms with E-state index in [0.717, 1.165) is 5.56 Å². The van der Waals surface area contributed by atoms with Gasteiger partial charge in [0.15, 0.2) is 0 Å². The second-order valence-corrected chi connectivity index (χ2v) is 4.48. The van der Waals surface area contributed by atoms with Crippen molar-refractivity contribution in [2.24, 2.45) is 0 Å². The lowest BCUT2D eigenvalue weighted by Crippen LogP contribution is -1.96. The number of carboxylic acid groups (broad SMARTS) is 1. The number of imidazole rings is 1. The van der Waals surface area contributed by atoms with Crippen molar-refractivity contribution in [2.45, 2.75) is 0 Å². The number of carboxylic acids is 1. The number of H-pyrrole nitrogens is 1. The smallest absolute Gasteiger partial charge is 0.337 e. The number of hydrogen-bond donors (Lipinski definition) is 2. The number of aromatic nitrogens is 2. The number of benzene rings is 2. The van der Waals surface area contributed by atoms with Crippen molar-refractivity contribution >= 4 is 28.6 Å². The van der Waals surface area contributed by atoms with Crippen LogP contribution in [0.25, 0.3) is 22.4 Å². The number of hydrogen-bond acceptors (Lipinski definition) is 2. The first kappa shape index (κ1) is 11.7. The van der Waals surface area contributed by atoms with Crippen LogP contribution < -0.4 is 0 Å². The van der Waals surface area contributed by atoms with Gasteiger partial charge in [0.1, 0.15) is 5.82 Å². The molecule has 5 heteroatoms. The molecular weight excluding hydrogens is 264 g/mol. The molecular formula is C14H9ClN2O2. The average Bonchev–Trinajstić information content (AvgIpc) is 2.82. The molecule has 0 aliphatic heterocycles. The van der Waals surface area contributed by atoms with Gasteiger partial charge in [-0.15, -0.1) is 0 Å². The Labute approximate surface area is 113 Å². The molecule has 0 radical (unpaired) electrons. The Kier molecular flexibility index (Phi) is 2.72. The molecule has 2 N–H and O–H groups in total. The molecule has 0 aliphatic carbocycles. The van der Waals surface area contributed by atoms with E-state index < -0.39 is 5.97 Å². The molecule has 0 spiro atoms. The quantitative estimate of drug-likeness (QED) is 0.749. The summed E-state index contributed by atoms with van der Waals surface area (Å²) in [5.74, 6) is -0.422. The molecule has 0 amide bonds. The fourth-order valence-corrected chi connectivity index (χ4v) is 2.22. The van der Waals surface area contributed by atoms with Crippen LogP contribution in [0.2, 0.25) is 5.02 Å². The molecule has 1 heterocycles. The van der Waals surface area contributed by atoms with Gasteiger partial charge in [0.05, 0.1) is 21.6 Å². The first-order chi connectivity index (χ1) is 9.16. The predicted octanol–water partition coefficient (Wildman–Crippen LogP) is 3.58. The zero-order valence-electron chi connectivity index (χ0n) is 9.72. The molecule has 0 saturated heterocycles. The zero-order valence-corrected chi connectivity index (χ0v) is 10.5. The minimum atomic E-state index is -0.986. The zero-order chi connectivity index (χ0) is 13.4. The first-order valence-electron chi connectivity index (χ1n) is 5.64. The van der Waals surface area contributed by atoms with Crippen molar-refractivity contribution < 1.29 is 9.90 Å². The van der Waals surface area contributed by atoms with Gasteiger partial charge >= 0.3 is 5.97 Å². The third kappa shape index (κ3) is 1.96. The number of carbonyl (C=O) groups is 1. The second kappa shape index (κ2) is 4.40. The number of fused-ring (bicyclic) bond motifs is 1. The van der Waals surface area contributed by atoms with Crippen LogP contribution in [0.5, 0.6) is 0 Å². The lowest BCUT2D eigenvalue weighted by atomic mass is 10.2. The average molecular weight is 273 g/mol. The molecule has 19 heavy (non-hydrogen) atoms. The maximum atomic E-state index is 11.2. The molecule has 3 rings (SSSR count). The highest BCUT2D eigenvalue weighted by Gasteiger charge is 2.13. The predicted molar refractivity (Wildman–Crippen MR) is 73.5 cm³/mol. The van der Waals surface area contributed by atoms with E-state index in [1.807, 2.05) is 18.2 Å². The summed E-state index contributed by atoms with van der Waals surface area (Å²) in [5.41, 5.74) is 2.06. The van der Waals surface area contributed by atoms with Crippen LogP contribution in [0.3, 0.4) is 0 Å². The van der Waals surface area contributed by atoms with E-state index in [-0.39, 0.29) is 5.56 Å². The van der Waals surface area contributed by atoms with Crippen LogP contribution in [0.15, 0.2) is 42.5 Å². The number of halogens is 1. The molecule has 4 nitrogen and oxygen atoms in total. The molecule has 0 bridgehead atoms. The highest BCUT2D eigenvalue weighted by molar-refractivity contribution is 6.33. The second-order valence-electron chi connectivity index (χ2n) is 4.07. The lowest BCUT2D eigenvalue weighted by Gasteiger charge is -1.98. The molecule has 2 aromatic carbocycles. The third-order valence-electron chi connectivity index (χ3n) is 2.88. The highest BCUT2D eigenvalue weighted by Crippen LogP contribution is 2.28. The molecule has 0 unspecified atom stereocenters. The van der Waals surface area contributed by atoms with Crippen LogP contribution >= 0.6 is 11.6 Å². The van der Waals surface area contributed by atoms with Crippen LogP contribution in [0, 0.1) is 0 Å². The summed E-state index contributed by atoms with van der Waals surface area (Å²) >= 11 is 6.11.